The lowest BCUT2D eigenvalue weighted by Crippen LogP contribution is -2.51. The highest BCUT2D eigenvalue weighted by molar-refractivity contribution is 5.91. The lowest BCUT2D eigenvalue weighted by atomic mass is 9.66. The monoisotopic (exact) mass is 498 g/mol. The summed E-state index contributed by atoms with van der Waals surface area (Å²) in [7, 11) is 0. The minimum absolute atomic E-state index is 0.0296. The van der Waals surface area contributed by atoms with Gasteiger partial charge < -0.3 is 9.47 Å². The third-order valence-corrected chi connectivity index (χ3v) is 10.6. The summed E-state index contributed by atoms with van der Waals surface area (Å²) >= 11 is 0. The Morgan fingerprint density at radius 3 is 2.20 bits per heavy atom. The Balaban J connectivity index is 0.000000591. The minimum Gasteiger partial charge on any atom is -0.450 e. The molecule has 6 aliphatic rings. The van der Waals surface area contributed by atoms with Crippen molar-refractivity contribution in [2.75, 3.05) is 0 Å². The van der Waals surface area contributed by atoms with E-state index in [0.29, 0.717) is 30.1 Å². The van der Waals surface area contributed by atoms with Crippen LogP contribution in [0.5, 0.6) is 0 Å². The van der Waals surface area contributed by atoms with Crippen molar-refractivity contribution in [1.29, 1.82) is 0 Å². The summed E-state index contributed by atoms with van der Waals surface area (Å²) in [5, 5.41) is 0. The van der Waals surface area contributed by atoms with E-state index in [-0.39, 0.29) is 18.8 Å². The van der Waals surface area contributed by atoms with Gasteiger partial charge in [-0.1, -0.05) is 34.6 Å². The zero-order chi connectivity index (χ0) is 25.5. The van der Waals surface area contributed by atoms with Crippen LogP contribution in [-0.2, 0) is 19.1 Å². The van der Waals surface area contributed by atoms with Crippen LogP contribution in [-0.4, -0.2) is 29.8 Å². The van der Waals surface area contributed by atoms with Crippen LogP contribution in [0.3, 0.4) is 0 Å². The van der Waals surface area contributed by atoms with Crippen LogP contribution in [0, 0.1) is 58.7 Å². The maximum atomic E-state index is 14.0. The molecule has 1 saturated heterocycles. The second-order valence-electron chi connectivity index (χ2n) is 13.6. The van der Waals surface area contributed by atoms with Crippen molar-refractivity contribution in [3.63, 3.8) is 0 Å². The molecule has 0 N–H and O–H groups in total. The molecule has 10 atom stereocenters. The zero-order valence-corrected chi connectivity index (χ0v) is 21.7. The summed E-state index contributed by atoms with van der Waals surface area (Å²) in [6.07, 6.45) is -0.478. The molecule has 5 saturated carbocycles. The van der Waals surface area contributed by atoms with Crippen LogP contribution in [0.15, 0.2) is 0 Å². The van der Waals surface area contributed by atoms with E-state index in [2.05, 4.69) is 20.8 Å². The van der Waals surface area contributed by atoms with E-state index < -0.39 is 41.2 Å². The lowest BCUT2D eigenvalue weighted by molar-refractivity contribution is -0.238. The van der Waals surface area contributed by atoms with Gasteiger partial charge in [-0.15, -0.1) is 0 Å². The summed E-state index contributed by atoms with van der Waals surface area (Å²) in [6, 6.07) is 0. The molecule has 0 aromatic rings. The van der Waals surface area contributed by atoms with Gasteiger partial charge >= 0.3 is 18.1 Å². The first kappa shape index (κ1) is 25.4. The van der Waals surface area contributed by atoms with Gasteiger partial charge in [-0.3, -0.25) is 4.79 Å². The molecule has 0 amide bonds. The molecular formula is C28H41F3O4. The number of halogens is 3. The highest BCUT2D eigenvalue weighted by atomic mass is 19.4. The van der Waals surface area contributed by atoms with Crippen molar-refractivity contribution in [2.24, 2.45) is 58.7 Å². The molecule has 0 spiro atoms. The molecule has 7 heteroatoms. The second kappa shape index (κ2) is 8.37. The molecular weight excluding hydrogens is 457 g/mol. The molecule has 1 aliphatic heterocycles. The summed E-state index contributed by atoms with van der Waals surface area (Å²) in [6.45, 7) is 9.95. The van der Waals surface area contributed by atoms with E-state index in [4.69, 9.17) is 9.47 Å². The number of carbonyl (C=O) groups is 2. The van der Waals surface area contributed by atoms with Gasteiger partial charge in [0.05, 0.1) is 5.92 Å². The number of carbonyl (C=O) groups excluding carboxylic acids is 2. The van der Waals surface area contributed by atoms with Crippen LogP contribution in [0.1, 0.15) is 86.0 Å². The first-order valence-electron chi connectivity index (χ1n) is 13.8. The molecule has 0 radical (unpaired) electrons. The van der Waals surface area contributed by atoms with Crippen molar-refractivity contribution < 1.29 is 32.2 Å². The topological polar surface area (TPSA) is 52.6 Å². The number of hydrogen-bond acceptors (Lipinski definition) is 4. The van der Waals surface area contributed by atoms with Gasteiger partial charge in [0.1, 0.15) is 0 Å². The Morgan fingerprint density at radius 1 is 1.03 bits per heavy atom. The lowest BCUT2D eigenvalue weighted by Gasteiger charge is -2.40. The third kappa shape index (κ3) is 3.84. The van der Waals surface area contributed by atoms with Crippen molar-refractivity contribution in [2.45, 2.75) is 104 Å². The van der Waals surface area contributed by atoms with Gasteiger partial charge in [-0.05, 0) is 98.7 Å². The Hall–Kier alpha value is -1.27. The Morgan fingerprint density at radius 2 is 1.66 bits per heavy atom. The van der Waals surface area contributed by atoms with Crippen molar-refractivity contribution in [3.05, 3.63) is 0 Å². The fourth-order valence-electron chi connectivity index (χ4n) is 9.28. The minimum atomic E-state index is -4.62. The largest absolute Gasteiger partial charge is 0.450 e. The molecule has 6 fully saturated rings. The first-order chi connectivity index (χ1) is 16.3. The van der Waals surface area contributed by atoms with E-state index in [0.717, 1.165) is 30.6 Å². The summed E-state index contributed by atoms with van der Waals surface area (Å²) in [4.78, 5) is 25.2. The van der Waals surface area contributed by atoms with Gasteiger partial charge in [0.25, 0.3) is 0 Å². The highest BCUT2D eigenvalue weighted by Crippen LogP contribution is 2.69. The SMILES string of the molecule is CC(C)C.CC1(C)C2CCC1(C(=O)OC(CC1CC3CC1C1C4CCC(C4)C31)C(F)(F)F)OC2=O. The molecule has 6 bridgehead atoms. The average Bonchev–Trinajstić information content (AvgIpc) is 3.54. The summed E-state index contributed by atoms with van der Waals surface area (Å²) in [5.74, 6) is 2.59. The zero-order valence-electron chi connectivity index (χ0n) is 21.7. The van der Waals surface area contributed by atoms with Crippen LogP contribution in [0.4, 0.5) is 13.2 Å². The predicted octanol–water partition coefficient (Wildman–Crippen LogP) is 6.56. The number of esters is 2. The first-order valence-corrected chi connectivity index (χ1v) is 13.8. The van der Waals surface area contributed by atoms with E-state index in [1.54, 1.807) is 13.8 Å². The summed E-state index contributed by atoms with van der Waals surface area (Å²) < 4.78 is 52.6. The Bertz CT molecular complexity index is 864. The molecule has 35 heavy (non-hydrogen) atoms. The second-order valence-corrected chi connectivity index (χ2v) is 13.6. The van der Waals surface area contributed by atoms with Gasteiger partial charge in [0.2, 0.25) is 5.60 Å². The van der Waals surface area contributed by atoms with Gasteiger partial charge in [0, 0.05) is 5.41 Å². The Kier molecular flexibility index (Phi) is 6.07. The fourth-order valence-corrected chi connectivity index (χ4v) is 9.28. The van der Waals surface area contributed by atoms with Crippen molar-refractivity contribution >= 4 is 11.9 Å². The third-order valence-electron chi connectivity index (χ3n) is 10.6. The maximum absolute atomic E-state index is 14.0. The van der Waals surface area contributed by atoms with Crippen LogP contribution in [0.2, 0.25) is 0 Å². The van der Waals surface area contributed by atoms with Crippen molar-refractivity contribution in [1.82, 2.24) is 0 Å². The van der Waals surface area contributed by atoms with Gasteiger partial charge in [-0.2, -0.15) is 13.2 Å². The smallest absolute Gasteiger partial charge is 0.425 e. The average molecular weight is 499 g/mol. The molecule has 6 rings (SSSR count). The maximum Gasteiger partial charge on any atom is 0.425 e. The van der Waals surface area contributed by atoms with Gasteiger partial charge in [-0.25, -0.2) is 4.79 Å². The van der Waals surface area contributed by atoms with E-state index in [9.17, 15) is 22.8 Å². The number of hydrogen-bond donors (Lipinski definition) is 0. The van der Waals surface area contributed by atoms with E-state index in [1.165, 1.54) is 19.3 Å². The molecule has 1 heterocycles. The fraction of sp³-hybridized carbons (Fsp3) is 0.929. The number of alkyl halides is 3. The Labute approximate surface area is 207 Å². The van der Waals surface area contributed by atoms with Gasteiger partial charge in [0.15, 0.2) is 6.10 Å². The highest BCUT2D eigenvalue weighted by Gasteiger charge is 2.71. The molecule has 0 aromatic carbocycles. The normalized spacial score (nSPS) is 44.8. The molecule has 10 unspecified atom stereocenters. The molecule has 0 aromatic heterocycles. The number of rotatable bonds is 4. The standard InChI is InChI=1S/C24H31F3O4.C4H10/c1-22(2)16-5-6-23(22,31-20(16)28)21(29)30-17(24(25,26)27)10-13-8-14-9-15(13)19-12-4-3-11(7-12)18(14)19;1-4(2)3/h11-19H,3-10H2,1-2H3;4H,1-3H3. The predicted molar refractivity (Wildman–Crippen MR) is 124 cm³/mol. The van der Waals surface area contributed by atoms with E-state index >= 15 is 0 Å². The van der Waals surface area contributed by atoms with Crippen LogP contribution < -0.4 is 0 Å². The van der Waals surface area contributed by atoms with Crippen LogP contribution in [0.25, 0.3) is 0 Å². The molecule has 5 aliphatic carbocycles. The molecule has 4 nitrogen and oxygen atoms in total. The molecule has 198 valence electrons. The number of fused-ring (bicyclic) bond motifs is 11. The number of ether oxygens (including phenoxy) is 2. The summed E-state index contributed by atoms with van der Waals surface area (Å²) in [5.41, 5.74) is -2.43. The van der Waals surface area contributed by atoms with E-state index in [1.807, 2.05) is 0 Å². The van der Waals surface area contributed by atoms with Crippen LogP contribution >= 0.6 is 0 Å². The van der Waals surface area contributed by atoms with Crippen molar-refractivity contribution in [3.8, 4) is 0 Å². The quantitative estimate of drug-likeness (QED) is 0.325.